The largest absolute Gasteiger partial charge is 0.288 e. The van der Waals surface area contributed by atoms with E-state index in [9.17, 15) is 9.59 Å². The summed E-state index contributed by atoms with van der Waals surface area (Å²) in [5, 5.41) is 0. The molecule has 0 radical (unpaired) electrons. The molecular formula is C22H14O2S2. The Labute approximate surface area is 160 Å². The van der Waals surface area contributed by atoms with Crippen LogP contribution in [0.2, 0.25) is 0 Å². The van der Waals surface area contributed by atoms with Gasteiger partial charge in [0.1, 0.15) is 0 Å². The normalized spacial score (nSPS) is 13.2. The standard InChI is InChI=1S/C22H14O2S2/c23-19(15-9-3-1-4-10-15)21-22(20(24)16-11-5-2-6-12-16)26-18-14-8-7-13-17(18)25-21/h1-14H. The van der Waals surface area contributed by atoms with Crippen LogP contribution in [0.1, 0.15) is 20.7 Å². The van der Waals surface area contributed by atoms with Crippen molar-refractivity contribution in [3.05, 3.63) is 106 Å². The van der Waals surface area contributed by atoms with Crippen molar-refractivity contribution in [2.24, 2.45) is 0 Å². The number of hydrogen-bond acceptors (Lipinski definition) is 4. The summed E-state index contributed by atoms with van der Waals surface area (Å²) in [6, 6.07) is 26.1. The molecular weight excluding hydrogens is 360 g/mol. The van der Waals surface area contributed by atoms with E-state index in [1.165, 1.54) is 23.5 Å². The van der Waals surface area contributed by atoms with E-state index >= 15 is 0 Å². The van der Waals surface area contributed by atoms with Gasteiger partial charge in [0.05, 0.1) is 9.81 Å². The van der Waals surface area contributed by atoms with Crippen molar-refractivity contribution in [2.75, 3.05) is 0 Å². The number of rotatable bonds is 4. The smallest absolute Gasteiger partial charge is 0.200 e. The predicted molar refractivity (Wildman–Crippen MR) is 107 cm³/mol. The van der Waals surface area contributed by atoms with Gasteiger partial charge >= 0.3 is 0 Å². The van der Waals surface area contributed by atoms with Crippen LogP contribution in [0.4, 0.5) is 0 Å². The van der Waals surface area contributed by atoms with E-state index in [1.54, 1.807) is 24.3 Å². The first-order valence-electron chi connectivity index (χ1n) is 8.12. The second kappa shape index (κ2) is 7.36. The average Bonchev–Trinajstić information content (AvgIpc) is 2.73. The highest BCUT2D eigenvalue weighted by atomic mass is 32.2. The molecule has 0 atom stereocenters. The maximum Gasteiger partial charge on any atom is 0.200 e. The van der Waals surface area contributed by atoms with Crippen LogP contribution in [0.25, 0.3) is 0 Å². The van der Waals surface area contributed by atoms with Crippen LogP contribution in [-0.2, 0) is 0 Å². The van der Waals surface area contributed by atoms with Crippen molar-refractivity contribution in [3.8, 4) is 0 Å². The zero-order valence-corrected chi connectivity index (χ0v) is 15.3. The second-order valence-corrected chi connectivity index (χ2v) is 7.80. The van der Waals surface area contributed by atoms with Gasteiger partial charge in [-0.3, -0.25) is 9.59 Å². The van der Waals surface area contributed by atoms with Gasteiger partial charge in [-0.1, -0.05) is 96.3 Å². The number of allylic oxidation sites excluding steroid dienone is 2. The summed E-state index contributed by atoms with van der Waals surface area (Å²) in [7, 11) is 0. The highest BCUT2D eigenvalue weighted by Crippen LogP contribution is 2.48. The van der Waals surface area contributed by atoms with Gasteiger partial charge in [-0.15, -0.1) is 0 Å². The van der Waals surface area contributed by atoms with Crippen molar-refractivity contribution < 1.29 is 9.59 Å². The minimum atomic E-state index is -0.114. The molecule has 4 rings (SSSR count). The molecule has 3 aromatic rings. The third-order valence-electron chi connectivity index (χ3n) is 3.96. The molecule has 0 spiro atoms. The maximum absolute atomic E-state index is 13.1. The monoisotopic (exact) mass is 374 g/mol. The van der Waals surface area contributed by atoms with Gasteiger partial charge in [-0.2, -0.15) is 0 Å². The molecule has 3 aromatic carbocycles. The molecule has 1 heterocycles. The Balaban J connectivity index is 1.82. The molecule has 26 heavy (non-hydrogen) atoms. The molecule has 0 aliphatic carbocycles. The van der Waals surface area contributed by atoms with Crippen LogP contribution in [-0.4, -0.2) is 11.6 Å². The Morgan fingerprint density at radius 2 is 0.846 bits per heavy atom. The molecule has 0 N–H and O–H groups in total. The molecule has 4 heteroatoms. The third-order valence-corrected chi connectivity index (χ3v) is 6.56. The number of Topliss-reactive ketones (excluding diaryl/α,β-unsaturated/α-hetero) is 2. The zero-order chi connectivity index (χ0) is 17.9. The molecule has 0 amide bonds. The fourth-order valence-corrected chi connectivity index (χ4v) is 5.03. The van der Waals surface area contributed by atoms with Crippen LogP contribution in [0, 0.1) is 0 Å². The molecule has 0 saturated carbocycles. The van der Waals surface area contributed by atoms with E-state index in [4.69, 9.17) is 0 Å². The lowest BCUT2D eigenvalue weighted by atomic mass is 10.1. The quantitative estimate of drug-likeness (QED) is 0.536. The summed E-state index contributed by atoms with van der Waals surface area (Å²) in [5.41, 5.74) is 1.18. The summed E-state index contributed by atoms with van der Waals surface area (Å²) in [6.45, 7) is 0. The minimum absolute atomic E-state index is 0.114. The molecule has 126 valence electrons. The first-order chi connectivity index (χ1) is 12.7. The Morgan fingerprint density at radius 3 is 1.23 bits per heavy atom. The fourth-order valence-electron chi connectivity index (χ4n) is 2.67. The molecule has 0 aromatic heterocycles. The van der Waals surface area contributed by atoms with Crippen molar-refractivity contribution in [1.82, 2.24) is 0 Å². The SMILES string of the molecule is O=C(C1=C(C(=O)c2ccccc2)Sc2ccccc2S1)c1ccccc1. The Kier molecular flexibility index (Phi) is 4.78. The summed E-state index contributed by atoms with van der Waals surface area (Å²) in [4.78, 5) is 29.2. The summed E-state index contributed by atoms with van der Waals surface area (Å²) in [6.07, 6.45) is 0. The van der Waals surface area contributed by atoms with Crippen molar-refractivity contribution in [1.29, 1.82) is 0 Å². The van der Waals surface area contributed by atoms with E-state index in [0.29, 0.717) is 20.9 Å². The van der Waals surface area contributed by atoms with Gasteiger partial charge < -0.3 is 0 Å². The number of fused-ring (bicyclic) bond motifs is 1. The number of benzene rings is 3. The van der Waals surface area contributed by atoms with Crippen LogP contribution >= 0.6 is 23.5 Å². The van der Waals surface area contributed by atoms with E-state index in [-0.39, 0.29) is 11.6 Å². The van der Waals surface area contributed by atoms with E-state index in [1.807, 2.05) is 60.7 Å². The predicted octanol–water partition coefficient (Wildman–Crippen LogP) is 5.86. The van der Waals surface area contributed by atoms with Gasteiger partial charge in [0.25, 0.3) is 0 Å². The molecule has 2 nitrogen and oxygen atoms in total. The number of hydrogen-bond donors (Lipinski definition) is 0. The first-order valence-corrected chi connectivity index (χ1v) is 9.76. The van der Waals surface area contributed by atoms with Crippen molar-refractivity contribution in [2.45, 2.75) is 9.79 Å². The summed E-state index contributed by atoms with van der Waals surface area (Å²) in [5.74, 6) is -0.228. The van der Waals surface area contributed by atoms with Crippen LogP contribution in [0.3, 0.4) is 0 Å². The highest BCUT2D eigenvalue weighted by molar-refractivity contribution is 8.10. The second-order valence-electron chi connectivity index (χ2n) is 5.70. The third kappa shape index (κ3) is 3.26. The van der Waals surface area contributed by atoms with E-state index in [2.05, 4.69) is 0 Å². The topological polar surface area (TPSA) is 34.1 Å². The lowest BCUT2D eigenvalue weighted by Crippen LogP contribution is -2.12. The minimum Gasteiger partial charge on any atom is -0.288 e. The van der Waals surface area contributed by atoms with Crippen molar-refractivity contribution in [3.63, 3.8) is 0 Å². The number of ketones is 2. The van der Waals surface area contributed by atoms with Crippen LogP contribution < -0.4 is 0 Å². The van der Waals surface area contributed by atoms with Crippen LogP contribution in [0.5, 0.6) is 0 Å². The molecule has 1 aliphatic heterocycles. The fraction of sp³-hybridized carbons (Fsp3) is 0. The van der Waals surface area contributed by atoms with Crippen LogP contribution in [0.15, 0.2) is 105 Å². The first kappa shape index (κ1) is 16.9. The van der Waals surface area contributed by atoms with Gasteiger partial charge in [-0.05, 0) is 12.1 Å². The molecule has 0 fully saturated rings. The molecule has 0 unspecified atom stereocenters. The Morgan fingerprint density at radius 1 is 0.500 bits per heavy atom. The van der Waals surface area contributed by atoms with Gasteiger partial charge in [0, 0.05) is 20.9 Å². The Bertz CT molecular complexity index is 926. The van der Waals surface area contributed by atoms with E-state index in [0.717, 1.165) is 9.79 Å². The van der Waals surface area contributed by atoms with Gasteiger partial charge in [-0.25, -0.2) is 0 Å². The van der Waals surface area contributed by atoms with Gasteiger partial charge in [0.15, 0.2) is 0 Å². The lowest BCUT2D eigenvalue weighted by molar-refractivity contribution is 0.101. The van der Waals surface area contributed by atoms with Gasteiger partial charge in [0.2, 0.25) is 11.6 Å². The van der Waals surface area contributed by atoms with E-state index < -0.39 is 0 Å². The number of carbonyl (C=O) groups excluding carboxylic acids is 2. The molecule has 1 aliphatic rings. The zero-order valence-electron chi connectivity index (χ0n) is 13.7. The summed E-state index contributed by atoms with van der Waals surface area (Å²) >= 11 is 2.76. The lowest BCUT2D eigenvalue weighted by Gasteiger charge is -2.20. The number of thioether (sulfide) groups is 2. The molecule has 0 saturated heterocycles. The molecule has 0 bridgehead atoms. The highest BCUT2D eigenvalue weighted by Gasteiger charge is 2.29. The van der Waals surface area contributed by atoms with Crippen molar-refractivity contribution >= 4 is 35.1 Å². The average molecular weight is 374 g/mol. The summed E-state index contributed by atoms with van der Waals surface area (Å²) < 4.78 is 0. The number of carbonyl (C=O) groups is 2. The maximum atomic E-state index is 13.1. The Hall–Kier alpha value is -2.56.